The predicted octanol–water partition coefficient (Wildman–Crippen LogP) is 3.30. The molecule has 2 aromatic carbocycles. The van der Waals surface area contributed by atoms with Crippen LogP contribution in [0.4, 0.5) is 0 Å². The van der Waals surface area contributed by atoms with Crippen LogP contribution in [-0.2, 0) is 11.2 Å². The molecule has 1 saturated heterocycles. The normalized spacial score (nSPS) is 14.9. The van der Waals surface area contributed by atoms with Crippen molar-refractivity contribution in [2.45, 2.75) is 13.3 Å². The summed E-state index contributed by atoms with van der Waals surface area (Å²) in [7, 11) is 1.58. The van der Waals surface area contributed by atoms with E-state index in [1.165, 1.54) is 12.5 Å². The van der Waals surface area contributed by atoms with E-state index < -0.39 is 0 Å². The van der Waals surface area contributed by atoms with Gasteiger partial charge in [-0.05, 0) is 30.7 Å². The molecule has 1 aliphatic heterocycles. The van der Waals surface area contributed by atoms with Gasteiger partial charge in [0.1, 0.15) is 5.75 Å². The zero-order chi connectivity index (χ0) is 20.6. The van der Waals surface area contributed by atoms with Gasteiger partial charge in [0, 0.05) is 43.9 Å². The molecule has 5 heteroatoms. The van der Waals surface area contributed by atoms with Crippen molar-refractivity contribution in [3.05, 3.63) is 71.3 Å². The van der Waals surface area contributed by atoms with Crippen molar-refractivity contribution in [2.75, 3.05) is 39.8 Å². The molecule has 152 valence electrons. The van der Waals surface area contributed by atoms with Gasteiger partial charge in [-0.25, -0.2) is 0 Å². The summed E-state index contributed by atoms with van der Waals surface area (Å²) in [6, 6.07) is 15.5. The number of benzene rings is 2. The van der Waals surface area contributed by atoms with Crippen LogP contribution < -0.4 is 4.74 Å². The largest absolute Gasteiger partial charge is 0.496 e. The Morgan fingerprint density at radius 3 is 2.41 bits per heavy atom. The fourth-order valence-corrected chi connectivity index (χ4v) is 3.49. The van der Waals surface area contributed by atoms with Gasteiger partial charge < -0.3 is 9.64 Å². The number of ketones is 1. The van der Waals surface area contributed by atoms with Crippen LogP contribution in [0.1, 0.15) is 28.4 Å². The number of ether oxygens (including phenoxy) is 1. The predicted molar refractivity (Wildman–Crippen MR) is 115 cm³/mol. The third-order valence-electron chi connectivity index (χ3n) is 5.23. The lowest BCUT2D eigenvalue weighted by Crippen LogP contribution is -2.49. The molecule has 29 heavy (non-hydrogen) atoms. The minimum absolute atomic E-state index is 0.0153. The van der Waals surface area contributed by atoms with Crippen LogP contribution in [0.5, 0.6) is 5.75 Å². The summed E-state index contributed by atoms with van der Waals surface area (Å²) in [4.78, 5) is 28.7. The minimum Gasteiger partial charge on any atom is -0.496 e. The summed E-state index contributed by atoms with van der Waals surface area (Å²) in [5, 5.41) is 0. The van der Waals surface area contributed by atoms with Gasteiger partial charge in [0.15, 0.2) is 5.78 Å². The summed E-state index contributed by atoms with van der Waals surface area (Å²) in [5.74, 6) is 0.704. The number of carbonyl (C=O) groups is 2. The SMILES string of the molecule is COc1ccc(C(C)=O)cc1CC(=O)N1CCN(C/C=C/c2ccccc2)CC1. The molecule has 0 aromatic heterocycles. The van der Waals surface area contributed by atoms with Crippen molar-refractivity contribution in [1.82, 2.24) is 9.80 Å². The van der Waals surface area contributed by atoms with Crippen molar-refractivity contribution in [3.63, 3.8) is 0 Å². The maximum atomic E-state index is 12.8. The molecule has 1 amide bonds. The van der Waals surface area contributed by atoms with Crippen LogP contribution in [0.25, 0.3) is 6.08 Å². The van der Waals surface area contributed by atoms with Gasteiger partial charge in [0.05, 0.1) is 13.5 Å². The molecular weight excluding hydrogens is 364 g/mol. The van der Waals surface area contributed by atoms with Crippen LogP contribution in [0.15, 0.2) is 54.6 Å². The number of hydrogen-bond donors (Lipinski definition) is 0. The van der Waals surface area contributed by atoms with Crippen molar-refractivity contribution in [2.24, 2.45) is 0 Å². The number of piperazine rings is 1. The summed E-state index contributed by atoms with van der Waals surface area (Å²) < 4.78 is 5.37. The average Bonchev–Trinajstić information content (AvgIpc) is 2.75. The van der Waals surface area contributed by atoms with E-state index in [9.17, 15) is 9.59 Å². The zero-order valence-corrected chi connectivity index (χ0v) is 17.1. The highest BCUT2D eigenvalue weighted by atomic mass is 16.5. The molecule has 1 heterocycles. The van der Waals surface area contributed by atoms with E-state index in [0.717, 1.165) is 25.2 Å². The molecule has 2 aromatic rings. The molecule has 3 rings (SSSR count). The molecule has 0 saturated carbocycles. The van der Waals surface area contributed by atoms with Gasteiger partial charge in [0.2, 0.25) is 5.91 Å². The number of hydrogen-bond acceptors (Lipinski definition) is 4. The number of nitrogens with zero attached hydrogens (tertiary/aromatic N) is 2. The first-order valence-electron chi connectivity index (χ1n) is 9.96. The monoisotopic (exact) mass is 392 g/mol. The molecule has 0 aliphatic carbocycles. The van der Waals surface area contributed by atoms with Crippen LogP contribution >= 0.6 is 0 Å². The second-order valence-corrected chi connectivity index (χ2v) is 7.25. The first-order chi connectivity index (χ1) is 14.1. The Bertz CT molecular complexity index is 869. The summed E-state index contributed by atoms with van der Waals surface area (Å²) in [6.07, 6.45) is 4.55. The van der Waals surface area contributed by atoms with Crippen LogP contribution in [0, 0.1) is 0 Å². The van der Waals surface area contributed by atoms with Gasteiger partial charge >= 0.3 is 0 Å². The quantitative estimate of drug-likeness (QED) is 0.679. The molecular formula is C24H28N2O3. The second-order valence-electron chi connectivity index (χ2n) is 7.25. The van der Waals surface area contributed by atoms with Gasteiger partial charge in [-0.1, -0.05) is 42.5 Å². The Morgan fingerprint density at radius 1 is 1.03 bits per heavy atom. The van der Waals surface area contributed by atoms with Crippen molar-refractivity contribution in [3.8, 4) is 5.75 Å². The van der Waals surface area contributed by atoms with E-state index in [0.29, 0.717) is 24.4 Å². The molecule has 0 atom stereocenters. The number of carbonyl (C=O) groups excluding carboxylic acids is 2. The Balaban J connectivity index is 1.52. The van der Waals surface area contributed by atoms with Crippen LogP contribution in [0.2, 0.25) is 0 Å². The number of amides is 1. The number of Topliss-reactive ketones (excluding diaryl/α,β-unsaturated/α-hetero) is 1. The lowest BCUT2D eigenvalue weighted by molar-refractivity contribution is -0.132. The van der Waals surface area contributed by atoms with E-state index in [1.54, 1.807) is 25.3 Å². The highest BCUT2D eigenvalue weighted by molar-refractivity contribution is 5.94. The smallest absolute Gasteiger partial charge is 0.227 e. The highest BCUT2D eigenvalue weighted by Gasteiger charge is 2.22. The first-order valence-corrected chi connectivity index (χ1v) is 9.96. The molecule has 0 unspecified atom stereocenters. The highest BCUT2D eigenvalue weighted by Crippen LogP contribution is 2.22. The van der Waals surface area contributed by atoms with Gasteiger partial charge in [-0.15, -0.1) is 0 Å². The maximum Gasteiger partial charge on any atom is 0.227 e. The molecule has 0 radical (unpaired) electrons. The standard InChI is InChI=1S/C24H28N2O3/c1-19(27)21-10-11-23(29-2)22(17-21)18-24(28)26-15-13-25(14-16-26)12-6-9-20-7-4-3-5-8-20/h3-11,17H,12-16,18H2,1-2H3/b9-6+. The lowest BCUT2D eigenvalue weighted by atomic mass is 10.0. The fraction of sp³-hybridized carbons (Fsp3) is 0.333. The third-order valence-corrected chi connectivity index (χ3v) is 5.23. The van der Waals surface area contributed by atoms with E-state index in [1.807, 2.05) is 23.1 Å². The van der Waals surface area contributed by atoms with Crippen molar-refractivity contribution < 1.29 is 14.3 Å². The van der Waals surface area contributed by atoms with Gasteiger partial charge in [0.25, 0.3) is 0 Å². The van der Waals surface area contributed by atoms with Crippen molar-refractivity contribution >= 4 is 17.8 Å². The molecule has 1 fully saturated rings. The minimum atomic E-state index is -0.0153. The van der Waals surface area contributed by atoms with Crippen molar-refractivity contribution in [1.29, 1.82) is 0 Å². The van der Waals surface area contributed by atoms with E-state index in [-0.39, 0.29) is 18.1 Å². The summed E-state index contributed by atoms with van der Waals surface area (Å²) in [5.41, 5.74) is 2.56. The Morgan fingerprint density at radius 2 is 1.76 bits per heavy atom. The first kappa shape index (κ1) is 20.8. The molecule has 0 bridgehead atoms. The molecule has 1 aliphatic rings. The number of rotatable bonds is 7. The Hall–Kier alpha value is -2.92. The van der Waals surface area contributed by atoms with Crippen LogP contribution in [-0.4, -0.2) is 61.3 Å². The third kappa shape index (κ3) is 5.78. The molecule has 5 nitrogen and oxygen atoms in total. The Kier molecular flexibility index (Phi) is 7.19. The summed E-state index contributed by atoms with van der Waals surface area (Å²) in [6.45, 7) is 5.55. The fourth-order valence-electron chi connectivity index (χ4n) is 3.49. The van der Waals surface area contributed by atoms with E-state index in [2.05, 4.69) is 29.2 Å². The van der Waals surface area contributed by atoms with Gasteiger partial charge in [-0.3, -0.25) is 14.5 Å². The zero-order valence-electron chi connectivity index (χ0n) is 17.1. The maximum absolute atomic E-state index is 12.8. The second kappa shape index (κ2) is 10.0. The lowest BCUT2D eigenvalue weighted by Gasteiger charge is -2.34. The topological polar surface area (TPSA) is 49.9 Å². The van der Waals surface area contributed by atoms with E-state index in [4.69, 9.17) is 4.74 Å². The molecule has 0 spiro atoms. The van der Waals surface area contributed by atoms with Crippen LogP contribution in [0.3, 0.4) is 0 Å². The molecule has 0 N–H and O–H groups in total. The average molecular weight is 392 g/mol. The van der Waals surface area contributed by atoms with E-state index >= 15 is 0 Å². The number of methoxy groups -OCH3 is 1. The summed E-state index contributed by atoms with van der Waals surface area (Å²) >= 11 is 0. The Labute approximate surface area is 172 Å². The van der Waals surface area contributed by atoms with Gasteiger partial charge in [-0.2, -0.15) is 0 Å².